The van der Waals surface area contributed by atoms with Crippen LogP contribution >= 0.6 is 38.6 Å². The lowest BCUT2D eigenvalue weighted by atomic mass is 10.0. The molecule has 8 heteroatoms. The molecule has 0 fully saturated rings. The molecule has 5 nitrogen and oxygen atoms in total. The zero-order valence-electron chi connectivity index (χ0n) is 15.7. The van der Waals surface area contributed by atoms with Crippen LogP contribution in [0.3, 0.4) is 0 Å². The first kappa shape index (κ1) is 20.0. The maximum atomic E-state index is 13.3. The Morgan fingerprint density at radius 2 is 2.07 bits per heavy atom. The van der Waals surface area contributed by atoms with Crippen molar-refractivity contribution < 1.29 is 9.53 Å². The summed E-state index contributed by atoms with van der Waals surface area (Å²) in [7, 11) is 0. The van der Waals surface area contributed by atoms with Crippen LogP contribution in [0.15, 0.2) is 67.3 Å². The van der Waals surface area contributed by atoms with E-state index in [4.69, 9.17) is 4.74 Å². The Morgan fingerprint density at radius 3 is 2.72 bits per heavy atom. The molecule has 29 heavy (non-hydrogen) atoms. The van der Waals surface area contributed by atoms with E-state index in [1.807, 2.05) is 47.9 Å². The van der Waals surface area contributed by atoms with Crippen LogP contribution in [-0.4, -0.2) is 17.1 Å². The van der Waals surface area contributed by atoms with Crippen molar-refractivity contribution in [2.45, 2.75) is 19.9 Å². The van der Waals surface area contributed by atoms with Gasteiger partial charge in [-0.05, 0) is 49.1 Å². The first-order valence-electron chi connectivity index (χ1n) is 8.98. The Labute approximate surface area is 183 Å². The Morgan fingerprint density at radius 1 is 1.31 bits per heavy atom. The molecule has 0 radical (unpaired) electrons. The monoisotopic (exact) mass is 488 g/mol. The molecule has 0 spiro atoms. The Hall–Kier alpha value is -2.29. The number of nitrogens with zero attached hydrogens (tertiary/aromatic N) is 2. The van der Waals surface area contributed by atoms with Gasteiger partial charge >= 0.3 is 5.97 Å². The third-order valence-corrected chi connectivity index (χ3v) is 6.93. The summed E-state index contributed by atoms with van der Waals surface area (Å²) in [5, 5.41) is 1.94. The van der Waals surface area contributed by atoms with Crippen molar-refractivity contribution in [3.05, 3.63) is 87.6 Å². The summed E-state index contributed by atoms with van der Waals surface area (Å²) < 4.78 is 8.43. The van der Waals surface area contributed by atoms with E-state index in [9.17, 15) is 9.59 Å². The van der Waals surface area contributed by atoms with Crippen LogP contribution < -0.4 is 14.9 Å². The van der Waals surface area contributed by atoms with E-state index in [1.165, 1.54) is 22.7 Å². The van der Waals surface area contributed by atoms with Crippen LogP contribution in [0.5, 0.6) is 0 Å². The Balaban J connectivity index is 1.93. The third-order valence-electron chi connectivity index (χ3n) is 4.50. The molecule has 2 aromatic heterocycles. The number of fused-ring (bicyclic) bond motifs is 1. The van der Waals surface area contributed by atoms with Crippen LogP contribution in [0.4, 0.5) is 0 Å². The standard InChI is InChI=1S/C21H17BrN2O3S2/c1-3-27-20(26)17-12(2)23-21-24(18(17)15-5-4-10-28-15)19(25)16(29-21)11-13-6-8-14(22)9-7-13/h4-11,18H,3H2,1-2H3/b16-11+/t18-/m0/s1. The predicted molar refractivity (Wildman–Crippen MR) is 119 cm³/mol. The van der Waals surface area contributed by atoms with Gasteiger partial charge in [0.15, 0.2) is 4.80 Å². The lowest BCUT2D eigenvalue weighted by Crippen LogP contribution is -2.39. The molecular formula is C21H17BrN2O3S2. The first-order valence-corrected chi connectivity index (χ1v) is 11.5. The van der Waals surface area contributed by atoms with Gasteiger partial charge in [-0.25, -0.2) is 9.79 Å². The highest BCUT2D eigenvalue weighted by molar-refractivity contribution is 9.10. The molecule has 1 aliphatic rings. The predicted octanol–water partition coefficient (Wildman–Crippen LogP) is 3.62. The van der Waals surface area contributed by atoms with Gasteiger partial charge in [-0.3, -0.25) is 9.36 Å². The van der Waals surface area contributed by atoms with Crippen LogP contribution in [0.25, 0.3) is 6.08 Å². The minimum Gasteiger partial charge on any atom is -0.463 e. The van der Waals surface area contributed by atoms with Gasteiger partial charge < -0.3 is 4.74 Å². The number of thiazole rings is 1. The molecule has 3 heterocycles. The number of benzene rings is 1. The second-order valence-corrected chi connectivity index (χ2v) is 9.27. The molecule has 3 aromatic rings. The number of hydrogen-bond donors (Lipinski definition) is 0. The van der Waals surface area contributed by atoms with Crippen molar-refractivity contribution in [1.29, 1.82) is 0 Å². The minimum atomic E-state index is -0.530. The van der Waals surface area contributed by atoms with E-state index in [0.717, 1.165) is 14.9 Å². The fourth-order valence-electron chi connectivity index (χ4n) is 3.22. The zero-order valence-corrected chi connectivity index (χ0v) is 18.9. The van der Waals surface area contributed by atoms with E-state index in [-0.39, 0.29) is 12.2 Å². The van der Waals surface area contributed by atoms with Crippen molar-refractivity contribution in [2.24, 2.45) is 4.99 Å². The third kappa shape index (κ3) is 3.80. The average Bonchev–Trinajstić information content (AvgIpc) is 3.32. The molecule has 0 saturated heterocycles. The van der Waals surface area contributed by atoms with Crippen LogP contribution in [-0.2, 0) is 9.53 Å². The summed E-state index contributed by atoms with van der Waals surface area (Å²) in [6.07, 6.45) is 1.85. The number of thiophene rings is 1. The van der Waals surface area contributed by atoms with Crippen molar-refractivity contribution in [3.63, 3.8) is 0 Å². The summed E-state index contributed by atoms with van der Waals surface area (Å²) >= 11 is 6.25. The van der Waals surface area contributed by atoms with Crippen molar-refractivity contribution >= 4 is 50.6 Å². The average molecular weight is 489 g/mol. The van der Waals surface area contributed by atoms with E-state index in [2.05, 4.69) is 20.9 Å². The van der Waals surface area contributed by atoms with E-state index < -0.39 is 12.0 Å². The molecule has 1 aliphatic heterocycles. The molecule has 1 aromatic carbocycles. The van der Waals surface area contributed by atoms with E-state index in [1.54, 1.807) is 18.4 Å². The zero-order chi connectivity index (χ0) is 20.5. The number of hydrogen-bond acceptors (Lipinski definition) is 6. The molecule has 0 bridgehead atoms. The number of aromatic nitrogens is 1. The van der Waals surface area contributed by atoms with Crippen LogP contribution in [0.2, 0.25) is 0 Å². The maximum Gasteiger partial charge on any atom is 0.338 e. The minimum absolute atomic E-state index is 0.163. The molecule has 0 aliphatic carbocycles. The van der Waals surface area contributed by atoms with E-state index in [0.29, 0.717) is 20.6 Å². The first-order chi connectivity index (χ1) is 14.0. The number of ether oxygens (including phenoxy) is 1. The molecule has 0 amide bonds. The number of carbonyl (C=O) groups is 1. The number of halogens is 1. The summed E-state index contributed by atoms with van der Waals surface area (Å²) in [6.45, 7) is 3.82. The summed E-state index contributed by atoms with van der Waals surface area (Å²) in [4.78, 5) is 32.1. The van der Waals surface area contributed by atoms with Gasteiger partial charge in [0.05, 0.1) is 22.4 Å². The molecule has 0 N–H and O–H groups in total. The summed E-state index contributed by atoms with van der Waals surface area (Å²) in [5.41, 5.74) is 1.76. The molecule has 0 saturated carbocycles. The normalized spacial score (nSPS) is 16.5. The summed E-state index contributed by atoms with van der Waals surface area (Å²) in [5.74, 6) is -0.436. The van der Waals surface area contributed by atoms with Crippen LogP contribution in [0, 0.1) is 0 Å². The number of esters is 1. The second kappa shape index (κ2) is 8.22. The van der Waals surface area contributed by atoms with Crippen molar-refractivity contribution in [3.8, 4) is 0 Å². The van der Waals surface area contributed by atoms with Crippen molar-refractivity contribution in [2.75, 3.05) is 6.61 Å². The van der Waals surface area contributed by atoms with Gasteiger partial charge in [0.25, 0.3) is 5.56 Å². The van der Waals surface area contributed by atoms with Gasteiger partial charge in [0.2, 0.25) is 0 Å². The second-order valence-electron chi connectivity index (χ2n) is 6.37. The molecule has 4 rings (SSSR count). The van der Waals surface area contributed by atoms with Gasteiger partial charge in [0.1, 0.15) is 6.04 Å². The maximum absolute atomic E-state index is 13.3. The number of rotatable bonds is 4. The van der Waals surface area contributed by atoms with Gasteiger partial charge in [-0.2, -0.15) is 0 Å². The smallest absolute Gasteiger partial charge is 0.338 e. The lowest BCUT2D eigenvalue weighted by molar-refractivity contribution is -0.139. The topological polar surface area (TPSA) is 60.7 Å². The molecule has 0 unspecified atom stereocenters. The molecular weight excluding hydrogens is 472 g/mol. The molecule has 148 valence electrons. The van der Waals surface area contributed by atoms with E-state index >= 15 is 0 Å². The van der Waals surface area contributed by atoms with Crippen molar-refractivity contribution in [1.82, 2.24) is 4.57 Å². The van der Waals surface area contributed by atoms with Crippen LogP contribution in [0.1, 0.15) is 30.3 Å². The highest BCUT2D eigenvalue weighted by atomic mass is 79.9. The highest BCUT2D eigenvalue weighted by Gasteiger charge is 2.33. The van der Waals surface area contributed by atoms with Gasteiger partial charge in [0, 0.05) is 9.35 Å². The number of allylic oxidation sites excluding steroid dienone is 1. The fourth-order valence-corrected chi connectivity index (χ4v) is 5.35. The Bertz CT molecular complexity index is 1270. The largest absolute Gasteiger partial charge is 0.463 e. The number of carbonyl (C=O) groups excluding carboxylic acids is 1. The summed E-state index contributed by atoms with van der Waals surface area (Å²) in [6, 6.07) is 11.1. The SMILES string of the molecule is CCOC(=O)C1=C(C)N=c2s/c(=C/c3ccc(Br)cc3)c(=O)n2[C@H]1c1cccs1. The Kier molecular flexibility index (Phi) is 5.67. The fraction of sp³-hybridized carbons (Fsp3) is 0.190. The quantitative estimate of drug-likeness (QED) is 0.526. The van der Waals surface area contributed by atoms with Gasteiger partial charge in [-0.15, -0.1) is 11.3 Å². The lowest BCUT2D eigenvalue weighted by Gasteiger charge is -2.23. The highest BCUT2D eigenvalue weighted by Crippen LogP contribution is 2.33. The molecule has 1 atom stereocenters. The van der Waals surface area contributed by atoms with Gasteiger partial charge in [-0.1, -0.05) is 45.5 Å².